The zero-order chi connectivity index (χ0) is 17.1. The van der Waals surface area contributed by atoms with Gasteiger partial charge >= 0.3 is 0 Å². The molecule has 3 N–H and O–H groups in total. The van der Waals surface area contributed by atoms with Gasteiger partial charge in [-0.15, -0.1) is 0 Å². The number of aliphatic hydroxyl groups is 1. The molecule has 1 aromatic carbocycles. The Balaban J connectivity index is 2.66. The smallest absolute Gasteiger partial charge is 0.144 e. The van der Waals surface area contributed by atoms with Gasteiger partial charge in [-0.05, 0) is 33.5 Å². The molecule has 2 unspecified atom stereocenters. The van der Waals surface area contributed by atoms with E-state index in [1.165, 1.54) is 6.92 Å². The number of carbonyl (C=O) groups is 1. The van der Waals surface area contributed by atoms with Gasteiger partial charge < -0.3 is 20.4 Å². The van der Waals surface area contributed by atoms with Gasteiger partial charge in [0, 0.05) is 34.4 Å². The van der Waals surface area contributed by atoms with Crippen LogP contribution in [0.1, 0.15) is 43.5 Å². The van der Waals surface area contributed by atoms with Gasteiger partial charge in [-0.3, -0.25) is 4.79 Å². The summed E-state index contributed by atoms with van der Waals surface area (Å²) < 4.78 is 0. The predicted molar refractivity (Wildman–Crippen MR) is 93.3 cm³/mol. The van der Waals surface area contributed by atoms with Crippen LogP contribution >= 0.6 is 0 Å². The number of ketones is 1. The Morgan fingerprint density at radius 2 is 2.00 bits per heavy atom. The molecule has 2 rings (SSSR count). The fraction of sp³-hybridized carbons (Fsp3) is 0.444. The first kappa shape index (κ1) is 17.4. The Morgan fingerprint density at radius 1 is 1.35 bits per heavy atom. The van der Waals surface area contributed by atoms with E-state index in [2.05, 4.69) is 4.98 Å². The van der Waals surface area contributed by atoms with Gasteiger partial charge in [-0.25, -0.2) is 0 Å². The monoisotopic (exact) mass is 315 g/mol. The molecular formula is C18H25N3O2. The van der Waals surface area contributed by atoms with Gasteiger partial charge in [0.25, 0.3) is 0 Å². The molecule has 0 aliphatic carbocycles. The largest absolute Gasteiger partial charge is 0.387 e. The quantitative estimate of drug-likeness (QED) is 0.687. The molecule has 0 aliphatic rings. The van der Waals surface area contributed by atoms with Crippen molar-refractivity contribution in [1.82, 2.24) is 9.88 Å². The van der Waals surface area contributed by atoms with Crippen LogP contribution < -0.4 is 0 Å². The maximum Gasteiger partial charge on any atom is 0.144 e. The summed E-state index contributed by atoms with van der Waals surface area (Å²) in [5, 5.41) is 19.8. The molecule has 0 fully saturated rings. The van der Waals surface area contributed by atoms with Crippen molar-refractivity contribution in [2.75, 3.05) is 20.6 Å². The molecule has 0 saturated heterocycles. The number of nitrogens with zero attached hydrogens (tertiary/aromatic N) is 1. The molecule has 0 aliphatic heterocycles. The number of fused-ring (bicyclic) bond motifs is 1. The summed E-state index contributed by atoms with van der Waals surface area (Å²) in [6.07, 6.45) is -0.217. The van der Waals surface area contributed by atoms with E-state index in [4.69, 9.17) is 5.41 Å². The highest BCUT2D eigenvalue weighted by atomic mass is 16.3. The number of para-hydroxylation sites is 1. The van der Waals surface area contributed by atoms with Gasteiger partial charge in [0.1, 0.15) is 5.78 Å². The van der Waals surface area contributed by atoms with Crippen molar-refractivity contribution in [2.45, 2.75) is 32.3 Å². The van der Waals surface area contributed by atoms with Crippen molar-refractivity contribution in [2.24, 2.45) is 0 Å². The first-order valence-electron chi connectivity index (χ1n) is 7.87. The molecule has 2 atom stereocenters. The Kier molecular flexibility index (Phi) is 5.34. The average Bonchev–Trinajstić information content (AvgIpc) is 2.84. The van der Waals surface area contributed by atoms with Gasteiger partial charge in [0.2, 0.25) is 0 Å². The number of H-pyrrole nitrogens is 1. The number of carbonyl (C=O) groups excluding carboxylic acids is 1. The van der Waals surface area contributed by atoms with E-state index in [1.54, 1.807) is 0 Å². The summed E-state index contributed by atoms with van der Waals surface area (Å²) in [6.45, 7) is 3.83. The Hall–Kier alpha value is -1.98. The Labute approximate surface area is 136 Å². The van der Waals surface area contributed by atoms with E-state index >= 15 is 0 Å². The van der Waals surface area contributed by atoms with Crippen molar-refractivity contribution in [1.29, 1.82) is 5.41 Å². The fourth-order valence-electron chi connectivity index (χ4n) is 3.04. The van der Waals surface area contributed by atoms with E-state index in [0.29, 0.717) is 24.4 Å². The summed E-state index contributed by atoms with van der Waals surface area (Å²) in [7, 11) is 3.79. The number of Topliss-reactive ketones (excluding diaryl/α,β-unsaturated/α-hetero) is 1. The molecule has 0 bridgehead atoms. The van der Waals surface area contributed by atoms with Crippen LogP contribution in [-0.4, -0.2) is 47.1 Å². The van der Waals surface area contributed by atoms with Gasteiger partial charge in [-0.2, -0.15) is 0 Å². The van der Waals surface area contributed by atoms with Crippen molar-refractivity contribution in [3.8, 4) is 0 Å². The lowest BCUT2D eigenvalue weighted by molar-refractivity contribution is -0.117. The topological polar surface area (TPSA) is 80.2 Å². The lowest BCUT2D eigenvalue weighted by atomic mass is 9.89. The minimum Gasteiger partial charge on any atom is -0.387 e. The van der Waals surface area contributed by atoms with Gasteiger partial charge in [0.15, 0.2) is 0 Å². The van der Waals surface area contributed by atoms with E-state index in [0.717, 1.165) is 16.5 Å². The molecule has 0 saturated carbocycles. The van der Waals surface area contributed by atoms with Crippen LogP contribution in [0.15, 0.2) is 24.3 Å². The minimum absolute atomic E-state index is 0.0818. The molecule has 23 heavy (non-hydrogen) atoms. The third-order valence-electron chi connectivity index (χ3n) is 4.07. The number of aliphatic hydroxyl groups excluding tert-OH is 1. The van der Waals surface area contributed by atoms with Gasteiger partial charge in [-0.1, -0.05) is 25.1 Å². The minimum atomic E-state index is -0.720. The lowest BCUT2D eigenvalue weighted by Gasteiger charge is -2.21. The third-order valence-corrected chi connectivity index (χ3v) is 4.07. The molecular weight excluding hydrogens is 290 g/mol. The average molecular weight is 315 g/mol. The number of hydrogen-bond acceptors (Lipinski definition) is 4. The first-order chi connectivity index (χ1) is 10.9. The van der Waals surface area contributed by atoms with Crippen LogP contribution in [0, 0.1) is 5.41 Å². The molecule has 0 radical (unpaired) electrons. The second-order valence-corrected chi connectivity index (χ2v) is 6.20. The van der Waals surface area contributed by atoms with Crippen LogP contribution in [0.2, 0.25) is 0 Å². The molecule has 1 aromatic heterocycles. The molecule has 1 heterocycles. The predicted octanol–water partition coefficient (Wildman–Crippen LogP) is 2.87. The van der Waals surface area contributed by atoms with Crippen molar-refractivity contribution < 1.29 is 9.90 Å². The highest BCUT2D eigenvalue weighted by Gasteiger charge is 2.29. The van der Waals surface area contributed by atoms with E-state index in [-0.39, 0.29) is 5.78 Å². The maximum absolute atomic E-state index is 12.2. The first-order valence-corrected chi connectivity index (χ1v) is 7.87. The second kappa shape index (κ2) is 7.06. The van der Waals surface area contributed by atoms with Crippen molar-refractivity contribution in [3.63, 3.8) is 0 Å². The number of likely N-dealkylation sites (N-methyl/N-ethyl adjacent to an activating group) is 1. The van der Waals surface area contributed by atoms with E-state index < -0.39 is 12.0 Å². The number of benzene rings is 1. The fourth-order valence-corrected chi connectivity index (χ4v) is 3.04. The van der Waals surface area contributed by atoms with Crippen LogP contribution in [0.25, 0.3) is 10.9 Å². The number of rotatable bonds is 7. The summed E-state index contributed by atoms with van der Waals surface area (Å²) in [6, 6.07) is 7.70. The van der Waals surface area contributed by atoms with E-state index in [9.17, 15) is 9.90 Å². The molecule has 124 valence electrons. The van der Waals surface area contributed by atoms with Crippen LogP contribution in [0.3, 0.4) is 0 Å². The third kappa shape index (κ3) is 3.51. The Bertz CT molecular complexity index is 718. The maximum atomic E-state index is 12.2. The van der Waals surface area contributed by atoms with Crippen LogP contribution in [0.5, 0.6) is 0 Å². The molecule has 0 amide bonds. The highest BCUT2D eigenvalue weighted by Crippen LogP contribution is 2.34. The molecule has 2 aromatic rings. The normalized spacial score (nSPS) is 14.2. The van der Waals surface area contributed by atoms with Crippen LogP contribution in [0.4, 0.5) is 0 Å². The molecule has 5 heteroatoms. The number of hydrogen-bond donors (Lipinski definition) is 3. The molecule has 5 nitrogen and oxygen atoms in total. The zero-order valence-corrected chi connectivity index (χ0v) is 14.2. The zero-order valence-electron chi connectivity index (χ0n) is 14.2. The summed E-state index contributed by atoms with van der Waals surface area (Å²) >= 11 is 0. The summed E-state index contributed by atoms with van der Waals surface area (Å²) in [5.41, 5.74) is 2.63. The lowest BCUT2D eigenvalue weighted by Crippen LogP contribution is -2.24. The summed E-state index contributed by atoms with van der Waals surface area (Å²) in [4.78, 5) is 17.3. The summed E-state index contributed by atoms with van der Waals surface area (Å²) in [5.74, 6) is -0.707. The van der Waals surface area contributed by atoms with Crippen LogP contribution in [-0.2, 0) is 4.79 Å². The second-order valence-electron chi connectivity index (χ2n) is 6.20. The number of aromatic amines is 1. The van der Waals surface area contributed by atoms with Crippen molar-refractivity contribution in [3.05, 3.63) is 35.5 Å². The number of nitrogens with one attached hydrogen (secondary N) is 2. The number of aromatic nitrogens is 1. The van der Waals surface area contributed by atoms with Gasteiger partial charge in [0.05, 0.1) is 12.0 Å². The standard InChI is InChI=1S/C18H25N3O2/c1-5-13(19)16(11(2)22)18-17(15(23)10-21(3)4)12-8-6-7-9-14(12)20-18/h6-9,15-16,19-20,23H,5,10H2,1-4H3. The Morgan fingerprint density at radius 3 is 2.57 bits per heavy atom. The molecule has 0 spiro atoms. The van der Waals surface area contributed by atoms with Crippen molar-refractivity contribution >= 4 is 22.4 Å². The SMILES string of the molecule is CCC(=N)C(C(C)=O)c1[nH]c2ccccc2c1C(O)CN(C)C. The highest BCUT2D eigenvalue weighted by molar-refractivity contribution is 6.08. The van der Waals surface area contributed by atoms with E-state index in [1.807, 2.05) is 50.2 Å².